The molecule has 124 valence electrons. The van der Waals surface area contributed by atoms with Crippen molar-refractivity contribution in [3.8, 4) is 0 Å². The molecular formula is C19H19FN2O2. The molecule has 0 aliphatic heterocycles. The summed E-state index contributed by atoms with van der Waals surface area (Å²) in [5, 5.41) is 2.52. The van der Waals surface area contributed by atoms with E-state index in [1.165, 1.54) is 17.0 Å². The summed E-state index contributed by atoms with van der Waals surface area (Å²) in [6.45, 7) is 0.0180. The van der Waals surface area contributed by atoms with Crippen molar-refractivity contribution in [3.63, 3.8) is 0 Å². The largest absolute Gasteiger partial charge is 0.343 e. The highest BCUT2D eigenvalue weighted by Gasteiger charge is 2.11. The summed E-state index contributed by atoms with van der Waals surface area (Å²) in [7, 11) is 1.57. The molecule has 5 heteroatoms. The number of nitrogens with zero attached hydrogens (tertiary/aromatic N) is 1. The lowest BCUT2D eigenvalue weighted by molar-refractivity contribution is -0.131. The number of hydrogen-bond donors (Lipinski definition) is 1. The Morgan fingerprint density at radius 3 is 2.46 bits per heavy atom. The van der Waals surface area contributed by atoms with Crippen molar-refractivity contribution in [2.24, 2.45) is 0 Å². The maximum absolute atomic E-state index is 13.6. The zero-order chi connectivity index (χ0) is 17.4. The minimum atomic E-state index is -0.355. The first-order chi connectivity index (χ1) is 11.6. The van der Waals surface area contributed by atoms with E-state index in [0.29, 0.717) is 5.56 Å². The predicted molar refractivity (Wildman–Crippen MR) is 91.4 cm³/mol. The van der Waals surface area contributed by atoms with E-state index in [1.807, 2.05) is 30.3 Å². The number of rotatable bonds is 6. The monoisotopic (exact) mass is 326 g/mol. The molecule has 0 aliphatic rings. The van der Waals surface area contributed by atoms with Crippen molar-refractivity contribution < 1.29 is 14.0 Å². The summed E-state index contributed by atoms with van der Waals surface area (Å²) in [6.07, 6.45) is 3.04. The number of carbonyl (C=O) groups is 2. The van der Waals surface area contributed by atoms with Gasteiger partial charge in [0.25, 0.3) is 0 Å². The highest BCUT2D eigenvalue weighted by molar-refractivity contribution is 5.94. The van der Waals surface area contributed by atoms with Crippen LogP contribution in [0.25, 0.3) is 6.08 Å². The molecule has 2 amide bonds. The molecule has 2 rings (SSSR count). The van der Waals surface area contributed by atoms with Gasteiger partial charge in [-0.3, -0.25) is 9.59 Å². The van der Waals surface area contributed by atoms with Crippen LogP contribution in [0.2, 0.25) is 0 Å². The molecule has 2 aromatic carbocycles. The van der Waals surface area contributed by atoms with Crippen LogP contribution < -0.4 is 5.32 Å². The van der Waals surface area contributed by atoms with Crippen LogP contribution in [-0.2, 0) is 16.1 Å². The second-order valence-corrected chi connectivity index (χ2v) is 5.30. The van der Waals surface area contributed by atoms with Gasteiger partial charge in [-0.2, -0.15) is 0 Å². The van der Waals surface area contributed by atoms with Gasteiger partial charge in [0.1, 0.15) is 5.82 Å². The second-order valence-electron chi connectivity index (χ2n) is 5.30. The molecule has 4 nitrogen and oxygen atoms in total. The van der Waals surface area contributed by atoms with Crippen molar-refractivity contribution in [2.45, 2.75) is 6.54 Å². The Balaban J connectivity index is 1.80. The van der Waals surface area contributed by atoms with E-state index in [0.717, 1.165) is 5.56 Å². The molecular weight excluding hydrogens is 307 g/mol. The van der Waals surface area contributed by atoms with Gasteiger partial charge in [0.2, 0.25) is 11.8 Å². The molecule has 0 bridgehead atoms. The van der Waals surface area contributed by atoms with E-state index in [4.69, 9.17) is 0 Å². The molecule has 1 N–H and O–H groups in total. The Labute approximate surface area is 140 Å². The van der Waals surface area contributed by atoms with Crippen LogP contribution in [0.1, 0.15) is 11.1 Å². The zero-order valence-corrected chi connectivity index (χ0v) is 13.4. The average molecular weight is 326 g/mol. The molecule has 0 aliphatic carbocycles. The van der Waals surface area contributed by atoms with Crippen molar-refractivity contribution >= 4 is 17.9 Å². The van der Waals surface area contributed by atoms with Crippen molar-refractivity contribution in [1.82, 2.24) is 10.2 Å². The fourth-order valence-electron chi connectivity index (χ4n) is 2.06. The summed E-state index contributed by atoms with van der Waals surface area (Å²) >= 11 is 0. The first-order valence-corrected chi connectivity index (χ1v) is 7.54. The molecule has 0 aromatic heterocycles. The van der Waals surface area contributed by atoms with E-state index < -0.39 is 0 Å². The van der Waals surface area contributed by atoms with E-state index in [1.54, 1.807) is 31.3 Å². The molecule has 0 fully saturated rings. The summed E-state index contributed by atoms with van der Waals surface area (Å²) < 4.78 is 13.6. The van der Waals surface area contributed by atoms with Gasteiger partial charge >= 0.3 is 0 Å². The molecule has 0 radical (unpaired) electrons. The molecule has 24 heavy (non-hydrogen) atoms. The highest BCUT2D eigenvalue weighted by Crippen LogP contribution is 2.08. The third-order valence-electron chi connectivity index (χ3n) is 3.43. The van der Waals surface area contributed by atoms with Crippen LogP contribution in [0.5, 0.6) is 0 Å². The molecule has 2 aromatic rings. The van der Waals surface area contributed by atoms with Gasteiger partial charge in [-0.1, -0.05) is 48.5 Å². The van der Waals surface area contributed by atoms with Gasteiger partial charge < -0.3 is 10.2 Å². The van der Waals surface area contributed by atoms with Crippen LogP contribution in [-0.4, -0.2) is 30.3 Å². The smallest absolute Gasteiger partial charge is 0.244 e. The van der Waals surface area contributed by atoms with Crippen LogP contribution >= 0.6 is 0 Å². The Kier molecular flexibility index (Phi) is 6.25. The van der Waals surface area contributed by atoms with E-state index >= 15 is 0 Å². The van der Waals surface area contributed by atoms with Crippen LogP contribution in [0, 0.1) is 5.82 Å². The quantitative estimate of drug-likeness (QED) is 0.830. The fraction of sp³-hybridized carbons (Fsp3) is 0.158. The van der Waals surface area contributed by atoms with E-state index in [-0.39, 0.29) is 30.7 Å². The Hall–Kier alpha value is -2.95. The highest BCUT2D eigenvalue weighted by atomic mass is 19.1. The number of hydrogen-bond acceptors (Lipinski definition) is 2. The standard InChI is InChI=1S/C19H19FN2O2/c1-22(14-16-9-5-6-10-17(16)20)19(24)13-21-18(23)12-11-15-7-3-2-4-8-15/h2-12H,13-14H2,1H3,(H,21,23)/b12-11+. The van der Waals surface area contributed by atoms with Crippen molar-refractivity contribution in [3.05, 3.63) is 77.6 Å². The minimum absolute atomic E-state index is 0.136. The van der Waals surface area contributed by atoms with Crippen LogP contribution in [0.4, 0.5) is 4.39 Å². The average Bonchev–Trinajstić information content (AvgIpc) is 2.60. The maximum atomic E-state index is 13.6. The summed E-state index contributed by atoms with van der Waals surface area (Å²) in [5.41, 5.74) is 1.33. The molecule has 0 spiro atoms. The van der Waals surface area contributed by atoms with Crippen molar-refractivity contribution in [2.75, 3.05) is 13.6 Å². The lowest BCUT2D eigenvalue weighted by Crippen LogP contribution is -2.37. The number of carbonyl (C=O) groups excluding carboxylic acids is 2. The number of likely N-dealkylation sites (N-methyl/N-ethyl adjacent to an activating group) is 1. The second kappa shape index (κ2) is 8.62. The lowest BCUT2D eigenvalue weighted by Gasteiger charge is -2.17. The fourth-order valence-corrected chi connectivity index (χ4v) is 2.06. The summed E-state index contributed by atoms with van der Waals surface area (Å²) in [6, 6.07) is 15.7. The first-order valence-electron chi connectivity index (χ1n) is 7.54. The number of amides is 2. The van der Waals surface area contributed by atoms with Gasteiger partial charge in [0.15, 0.2) is 0 Å². The van der Waals surface area contributed by atoms with Gasteiger partial charge in [0, 0.05) is 25.2 Å². The van der Waals surface area contributed by atoms with Crippen molar-refractivity contribution in [1.29, 1.82) is 0 Å². The first kappa shape index (κ1) is 17.4. The van der Waals surface area contributed by atoms with Crippen LogP contribution in [0.3, 0.4) is 0 Å². The third kappa shape index (κ3) is 5.35. The minimum Gasteiger partial charge on any atom is -0.343 e. The van der Waals surface area contributed by atoms with Crippen LogP contribution in [0.15, 0.2) is 60.7 Å². The normalized spacial score (nSPS) is 10.6. The molecule has 0 unspecified atom stereocenters. The third-order valence-corrected chi connectivity index (χ3v) is 3.43. The van der Waals surface area contributed by atoms with Gasteiger partial charge in [0.05, 0.1) is 6.54 Å². The van der Waals surface area contributed by atoms with E-state index in [2.05, 4.69) is 5.32 Å². The molecule has 0 atom stereocenters. The van der Waals surface area contributed by atoms with Gasteiger partial charge in [-0.15, -0.1) is 0 Å². The lowest BCUT2D eigenvalue weighted by atomic mass is 10.2. The Morgan fingerprint density at radius 2 is 1.75 bits per heavy atom. The predicted octanol–water partition coefficient (Wildman–Crippen LogP) is 2.61. The summed E-state index contributed by atoms with van der Waals surface area (Å²) in [5.74, 6) is -1.00. The zero-order valence-electron chi connectivity index (χ0n) is 13.4. The number of halogens is 1. The molecule has 0 saturated heterocycles. The Bertz CT molecular complexity index is 729. The summed E-state index contributed by atoms with van der Waals surface area (Å²) in [4.78, 5) is 25.1. The molecule has 0 saturated carbocycles. The van der Waals surface area contributed by atoms with E-state index in [9.17, 15) is 14.0 Å². The Morgan fingerprint density at radius 1 is 1.08 bits per heavy atom. The maximum Gasteiger partial charge on any atom is 0.244 e. The number of nitrogens with one attached hydrogen (secondary N) is 1. The number of benzene rings is 2. The van der Waals surface area contributed by atoms with Gasteiger partial charge in [-0.05, 0) is 17.7 Å². The topological polar surface area (TPSA) is 49.4 Å². The molecule has 0 heterocycles. The SMILES string of the molecule is CN(Cc1ccccc1F)C(=O)CNC(=O)/C=C/c1ccccc1. The van der Waals surface area contributed by atoms with Gasteiger partial charge in [-0.25, -0.2) is 4.39 Å².